The predicted octanol–water partition coefficient (Wildman–Crippen LogP) is 3.86. The van der Waals surface area contributed by atoms with Crippen LogP contribution in [-0.2, 0) is 25.5 Å². The number of anilines is 3. The van der Waals surface area contributed by atoms with Gasteiger partial charge in [0.25, 0.3) is 5.91 Å². The highest BCUT2D eigenvalue weighted by Gasteiger charge is 2.32. The van der Waals surface area contributed by atoms with Crippen LogP contribution in [0.3, 0.4) is 0 Å². The van der Waals surface area contributed by atoms with E-state index in [4.69, 9.17) is 4.74 Å². The first-order valence-electron chi connectivity index (χ1n) is 10.4. The van der Waals surface area contributed by atoms with E-state index in [1.54, 1.807) is 37.4 Å². The molecule has 1 aliphatic heterocycles. The third kappa shape index (κ3) is 5.40. The molecule has 0 aromatic heterocycles. The van der Waals surface area contributed by atoms with E-state index < -0.39 is 5.97 Å². The van der Waals surface area contributed by atoms with E-state index in [2.05, 4.69) is 15.7 Å². The third-order valence-corrected chi connectivity index (χ3v) is 4.77. The molecule has 0 aliphatic carbocycles. The number of carbonyl (C=O) groups is 3. The van der Waals surface area contributed by atoms with Crippen LogP contribution < -0.4 is 15.6 Å². The van der Waals surface area contributed by atoms with Crippen LogP contribution in [0, 0.1) is 0 Å². The molecule has 166 valence electrons. The summed E-state index contributed by atoms with van der Waals surface area (Å²) in [5.74, 6) is -1.01. The number of hydrazone groups is 1. The maximum Gasteiger partial charge on any atom is 0.311 e. The predicted molar refractivity (Wildman–Crippen MR) is 124 cm³/mol. The van der Waals surface area contributed by atoms with Gasteiger partial charge in [-0.15, -0.1) is 0 Å². The molecule has 1 heterocycles. The van der Waals surface area contributed by atoms with Crippen molar-refractivity contribution in [3.8, 4) is 0 Å². The van der Waals surface area contributed by atoms with Crippen molar-refractivity contribution in [3.63, 3.8) is 0 Å². The van der Waals surface area contributed by atoms with Crippen LogP contribution >= 0.6 is 0 Å². The van der Waals surface area contributed by atoms with Crippen LogP contribution in [-0.4, -0.2) is 30.1 Å². The first-order chi connectivity index (χ1) is 15.4. The summed E-state index contributed by atoms with van der Waals surface area (Å²) < 4.78 is 5.04. The molecule has 0 bridgehead atoms. The number of benzene rings is 2. The zero-order chi connectivity index (χ0) is 23.1. The highest BCUT2D eigenvalue weighted by Crippen LogP contribution is 2.27. The number of nitrogens with zero attached hydrogens (tertiary/aromatic N) is 2. The monoisotopic (exact) mass is 434 g/mol. The van der Waals surface area contributed by atoms with E-state index in [-0.39, 0.29) is 30.4 Å². The van der Waals surface area contributed by atoms with Gasteiger partial charge < -0.3 is 15.4 Å². The van der Waals surface area contributed by atoms with Gasteiger partial charge in [0.2, 0.25) is 5.91 Å². The second-order valence-electron chi connectivity index (χ2n) is 7.09. The Morgan fingerprint density at radius 1 is 1.09 bits per heavy atom. The van der Waals surface area contributed by atoms with Gasteiger partial charge in [-0.25, -0.2) is 0 Å². The lowest BCUT2D eigenvalue weighted by molar-refractivity contribution is -0.141. The fourth-order valence-corrected chi connectivity index (χ4v) is 3.27. The first kappa shape index (κ1) is 22.7. The van der Waals surface area contributed by atoms with Crippen molar-refractivity contribution in [2.24, 2.45) is 5.10 Å². The molecule has 0 fully saturated rings. The Labute approximate surface area is 186 Å². The molecule has 8 heteroatoms. The lowest BCUT2D eigenvalue weighted by Crippen LogP contribution is -2.22. The number of amides is 2. The zero-order valence-electron chi connectivity index (χ0n) is 18.3. The summed E-state index contributed by atoms with van der Waals surface area (Å²) in [6, 6.07) is 14.5. The zero-order valence-corrected chi connectivity index (χ0v) is 18.3. The molecule has 0 radical (unpaired) electrons. The number of hydrogen-bond donors (Lipinski definition) is 2. The molecule has 0 saturated heterocycles. The van der Waals surface area contributed by atoms with Gasteiger partial charge in [0.15, 0.2) is 0 Å². The quantitative estimate of drug-likeness (QED) is 0.485. The Bertz CT molecular complexity index is 1070. The lowest BCUT2D eigenvalue weighted by Gasteiger charge is -2.13. The topological polar surface area (TPSA) is 100 Å². The summed E-state index contributed by atoms with van der Waals surface area (Å²) in [4.78, 5) is 36.5. The van der Waals surface area contributed by atoms with E-state index >= 15 is 0 Å². The average molecular weight is 434 g/mol. The Morgan fingerprint density at radius 2 is 1.81 bits per heavy atom. The van der Waals surface area contributed by atoms with Gasteiger partial charge >= 0.3 is 5.97 Å². The number of rotatable bonds is 8. The van der Waals surface area contributed by atoms with Crippen LogP contribution in [0.25, 0.3) is 0 Å². The van der Waals surface area contributed by atoms with E-state index in [1.807, 2.05) is 31.2 Å². The largest absolute Gasteiger partial charge is 0.466 e. The summed E-state index contributed by atoms with van der Waals surface area (Å²) in [5.41, 5.74) is 3.71. The molecular formula is C24H26N4O4. The minimum absolute atomic E-state index is 0.122. The van der Waals surface area contributed by atoms with Crippen molar-refractivity contribution >= 4 is 40.6 Å². The van der Waals surface area contributed by atoms with E-state index in [1.165, 1.54) is 11.9 Å². The number of aryl methyl sites for hydroxylation is 1. The van der Waals surface area contributed by atoms with E-state index in [9.17, 15) is 14.4 Å². The Hall–Kier alpha value is -3.94. The van der Waals surface area contributed by atoms with Gasteiger partial charge in [-0.3, -0.25) is 14.4 Å². The number of hydrogen-bond acceptors (Lipinski definition) is 6. The normalized spacial score (nSPS) is 14.3. The summed E-state index contributed by atoms with van der Waals surface area (Å²) in [7, 11) is 0. The summed E-state index contributed by atoms with van der Waals surface area (Å²) in [6.45, 7) is 5.44. The summed E-state index contributed by atoms with van der Waals surface area (Å²) >= 11 is 0. The Balaban J connectivity index is 1.89. The molecule has 0 spiro atoms. The van der Waals surface area contributed by atoms with Crippen molar-refractivity contribution < 1.29 is 19.1 Å². The molecule has 32 heavy (non-hydrogen) atoms. The fraction of sp³-hybridized carbons (Fsp3) is 0.250. The van der Waals surface area contributed by atoms with Crippen LogP contribution in [0.2, 0.25) is 0 Å². The van der Waals surface area contributed by atoms with Gasteiger partial charge in [0, 0.05) is 24.5 Å². The molecule has 2 aromatic rings. The summed E-state index contributed by atoms with van der Waals surface area (Å²) in [6.07, 6.45) is 2.29. The standard InChI is InChI=1S/C24H26N4O4/c1-4-17-8-6-7-9-21(17)25-15-20-22(14-23(30)32-5-2)27-28(24(20)31)19-12-10-18(11-13-19)26-16(3)29/h6-13,15,25H,4-5,14H2,1-3H3,(H,26,29)/b20-15+. The lowest BCUT2D eigenvalue weighted by atomic mass is 10.1. The number of esters is 1. The maximum absolute atomic E-state index is 13.2. The Morgan fingerprint density at radius 3 is 2.47 bits per heavy atom. The number of para-hydroxylation sites is 1. The van der Waals surface area contributed by atoms with Gasteiger partial charge in [0.05, 0.1) is 30.0 Å². The smallest absolute Gasteiger partial charge is 0.311 e. The molecule has 8 nitrogen and oxygen atoms in total. The van der Waals surface area contributed by atoms with Crippen LogP contribution in [0.1, 0.15) is 32.8 Å². The molecule has 0 atom stereocenters. The minimum atomic E-state index is -0.457. The van der Waals surface area contributed by atoms with E-state index in [0.717, 1.165) is 17.7 Å². The third-order valence-electron chi connectivity index (χ3n) is 4.77. The minimum Gasteiger partial charge on any atom is -0.466 e. The number of nitrogens with one attached hydrogen (secondary N) is 2. The molecule has 0 saturated carbocycles. The molecular weight excluding hydrogens is 408 g/mol. The second kappa shape index (κ2) is 10.4. The second-order valence-corrected chi connectivity index (χ2v) is 7.09. The summed E-state index contributed by atoms with van der Waals surface area (Å²) in [5, 5.41) is 11.5. The average Bonchev–Trinajstić information content (AvgIpc) is 3.07. The van der Waals surface area contributed by atoms with Crippen molar-refractivity contribution in [2.75, 3.05) is 22.2 Å². The first-order valence-corrected chi connectivity index (χ1v) is 10.4. The van der Waals surface area contributed by atoms with Crippen LogP contribution in [0.4, 0.5) is 17.1 Å². The fourth-order valence-electron chi connectivity index (χ4n) is 3.27. The van der Waals surface area contributed by atoms with Gasteiger partial charge in [-0.05, 0) is 49.2 Å². The van der Waals surface area contributed by atoms with Gasteiger partial charge in [0.1, 0.15) is 0 Å². The molecule has 2 aromatic carbocycles. The highest BCUT2D eigenvalue weighted by atomic mass is 16.5. The molecule has 1 aliphatic rings. The molecule has 2 N–H and O–H groups in total. The number of ether oxygens (including phenoxy) is 1. The molecule has 2 amide bonds. The molecule has 3 rings (SSSR count). The van der Waals surface area contributed by atoms with Crippen molar-refractivity contribution in [1.82, 2.24) is 0 Å². The highest BCUT2D eigenvalue weighted by molar-refractivity contribution is 6.32. The van der Waals surface area contributed by atoms with Gasteiger partial charge in [-0.2, -0.15) is 10.1 Å². The van der Waals surface area contributed by atoms with Crippen molar-refractivity contribution in [1.29, 1.82) is 0 Å². The Kier molecular flexibility index (Phi) is 7.38. The SMILES string of the molecule is CCOC(=O)CC1=NN(c2ccc(NC(C)=O)cc2)C(=O)/C1=C/Nc1ccccc1CC. The van der Waals surface area contributed by atoms with Crippen LogP contribution in [0.15, 0.2) is 65.4 Å². The molecule has 0 unspecified atom stereocenters. The van der Waals surface area contributed by atoms with Crippen LogP contribution in [0.5, 0.6) is 0 Å². The van der Waals surface area contributed by atoms with Gasteiger partial charge in [-0.1, -0.05) is 25.1 Å². The van der Waals surface area contributed by atoms with Crippen molar-refractivity contribution in [2.45, 2.75) is 33.6 Å². The number of carbonyl (C=O) groups excluding carboxylic acids is 3. The maximum atomic E-state index is 13.2. The van der Waals surface area contributed by atoms with Crippen molar-refractivity contribution in [3.05, 3.63) is 65.9 Å². The van der Waals surface area contributed by atoms with E-state index in [0.29, 0.717) is 17.1 Å².